The van der Waals surface area contributed by atoms with Crippen LogP contribution < -0.4 is 0 Å². The third kappa shape index (κ3) is 5.46. The third-order valence-corrected chi connectivity index (χ3v) is 0.827. The van der Waals surface area contributed by atoms with Gasteiger partial charge in [0.1, 0.15) is 0 Å². The van der Waals surface area contributed by atoms with Gasteiger partial charge in [0.25, 0.3) is 0 Å². The monoisotopic (exact) mass is 131 g/mol. The molecule has 0 aromatic heterocycles. The normalized spacial score (nSPS) is 14.6. The molecule has 9 heavy (non-hydrogen) atoms. The van der Waals surface area contributed by atoms with Crippen LogP contribution >= 0.6 is 0 Å². The van der Waals surface area contributed by atoms with E-state index in [1.54, 1.807) is 0 Å². The molecular weight excluding hydrogens is 118 g/mol. The maximum Gasteiger partial charge on any atom is 0.190 e. The fourth-order valence-corrected chi connectivity index (χ4v) is 0.355. The van der Waals surface area contributed by atoms with E-state index in [1.165, 1.54) is 13.3 Å². The molecule has 0 spiro atoms. The zero-order valence-corrected chi connectivity index (χ0v) is 5.87. The van der Waals surface area contributed by atoms with Crippen LogP contribution in [0.25, 0.3) is 0 Å². The summed E-state index contributed by atoms with van der Waals surface area (Å²) in [4.78, 5) is 3.86. The first kappa shape index (κ1) is 8.59. The van der Waals surface area contributed by atoms with Crippen LogP contribution in [0.3, 0.4) is 0 Å². The van der Waals surface area contributed by atoms with E-state index in [9.17, 15) is 0 Å². The lowest BCUT2D eigenvalue weighted by atomic mass is 10.5. The summed E-state index contributed by atoms with van der Waals surface area (Å²) < 4.78 is 4.50. The summed E-state index contributed by atoms with van der Waals surface area (Å²) in [5, 5.41) is 8.71. The fraction of sp³-hybridized carbons (Fsp3) is 0.833. The number of hydrogen-bond acceptors (Lipinski definition) is 3. The van der Waals surface area contributed by atoms with Crippen molar-refractivity contribution in [1.82, 2.24) is 0 Å². The first-order valence-electron chi connectivity index (χ1n) is 3.02. The molecule has 3 heteroatoms. The molecule has 1 unspecified atom stereocenters. The lowest BCUT2D eigenvalue weighted by Gasteiger charge is -1.98. The van der Waals surface area contributed by atoms with Crippen LogP contribution in [0.15, 0.2) is 4.99 Å². The highest BCUT2D eigenvalue weighted by molar-refractivity contribution is 5.60. The number of ether oxygens (including phenoxy) is 1. The third-order valence-electron chi connectivity index (χ3n) is 0.827. The average molecular weight is 131 g/mol. The SMILES string of the molecule is CCC/N=C\C(O)OC. The second kappa shape index (κ2) is 5.72. The molecule has 0 saturated carbocycles. The van der Waals surface area contributed by atoms with E-state index in [4.69, 9.17) is 5.11 Å². The van der Waals surface area contributed by atoms with Gasteiger partial charge in [-0.25, -0.2) is 0 Å². The Bertz CT molecular complexity index is 83.1. The first-order chi connectivity index (χ1) is 4.31. The highest BCUT2D eigenvalue weighted by Crippen LogP contribution is 1.80. The van der Waals surface area contributed by atoms with E-state index < -0.39 is 6.29 Å². The molecular formula is C6H13NO2. The molecule has 0 aromatic rings. The zero-order chi connectivity index (χ0) is 7.11. The van der Waals surface area contributed by atoms with E-state index in [0.29, 0.717) is 0 Å². The molecule has 1 atom stereocenters. The number of nitrogens with zero attached hydrogens (tertiary/aromatic N) is 1. The number of aliphatic hydroxyl groups is 1. The van der Waals surface area contributed by atoms with Gasteiger partial charge in [0.2, 0.25) is 0 Å². The number of rotatable bonds is 4. The lowest BCUT2D eigenvalue weighted by molar-refractivity contribution is -0.0162. The second-order valence-electron chi connectivity index (χ2n) is 1.68. The lowest BCUT2D eigenvalue weighted by Crippen LogP contribution is -2.10. The van der Waals surface area contributed by atoms with Crippen LogP contribution in [0.2, 0.25) is 0 Å². The van der Waals surface area contributed by atoms with Crippen molar-refractivity contribution in [3.63, 3.8) is 0 Å². The van der Waals surface area contributed by atoms with Gasteiger partial charge < -0.3 is 9.84 Å². The Kier molecular flexibility index (Phi) is 5.46. The Morgan fingerprint density at radius 1 is 1.78 bits per heavy atom. The number of methoxy groups -OCH3 is 1. The molecule has 0 saturated heterocycles. The smallest absolute Gasteiger partial charge is 0.190 e. The highest BCUT2D eigenvalue weighted by Gasteiger charge is 1.90. The molecule has 1 N–H and O–H groups in total. The van der Waals surface area contributed by atoms with Crippen molar-refractivity contribution < 1.29 is 9.84 Å². The van der Waals surface area contributed by atoms with E-state index in [1.807, 2.05) is 6.92 Å². The highest BCUT2D eigenvalue weighted by atomic mass is 16.6. The van der Waals surface area contributed by atoms with Gasteiger partial charge in [0.05, 0.1) is 6.21 Å². The molecule has 0 aliphatic heterocycles. The van der Waals surface area contributed by atoms with E-state index in [-0.39, 0.29) is 0 Å². The van der Waals surface area contributed by atoms with Crippen molar-refractivity contribution in [3.8, 4) is 0 Å². The van der Waals surface area contributed by atoms with E-state index in [2.05, 4.69) is 9.73 Å². The van der Waals surface area contributed by atoms with Crippen molar-refractivity contribution >= 4 is 6.21 Å². The largest absolute Gasteiger partial charge is 0.363 e. The number of aliphatic imine (C=N–C) groups is 1. The van der Waals surface area contributed by atoms with Gasteiger partial charge in [0, 0.05) is 13.7 Å². The van der Waals surface area contributed by atoms with Gasteiger partial charge in [-0.3, -0.25) is 4.99 Å². The summed E-state index contributed by atoms with van der Waals surface area (Å²) in [6, 6.07) is 0. The minimum atomic E-state index is -0.837. The zero-order valence-electron chi connectivity index (χ0n) is 5.87. The quantitative estimate of drug-likeness (QED) is 0.444. The molecule has 0 aliphatic carbocycles. The number of aliphatic hydroxyl groups excluding tert-OH is 1. The van der Waals surface area contributed by atoms with E-state index in [0.717, 1.165) is 13.0 Å². The van der Waals surface area contributed by atoms with Crippen LogP contribution in [0.5, 0.6) is 0 Å². The maximum absolute atomic E-state index is 8.71. The summed E-state index contributed by atoms with van der Waals surface area (Å²) in [6.07, 6.45) is 1.55. The summed E-state index contributed by atoms with van der Waals surface area (Å²) in [7, 11) is 1.43. The van der Waals surface area contributed by atoms with Gasteiger partial charge in [-0.15, -0.1) is 0 Å². The van der Waals surface area contributed by atoms with Crippen LogP contribution in [0.1, 0.15) is 13.3 Å². The van der Waals surface area contributed by atoms with Gasteiger partial charge in [-0.2, -0.15) is 0 Å². The van der Waals surface area contributed by atoms with Crippen LogP contribution in [0.4, 0.5) is 0 Å². The van der Waals surface area contributed by atoms with Gasteiger partial charge >= 0.3 is 0 Å². The van der Waals surface area contributed by atoms with Gasteiger partial charge in [-0.1, -0.05) is 6.92 Å². The summed E-state index contributed by atoms with van der Waals surface area (Å²) in [5.74, 6) is 0. The van der Waals surface area contributed by atoms with Crippen LogP contribution in [0, 0.1) is 0 Å². The minimum absolute atomic E-state index is 0.750. The summed E-state index contributed by atoms with van der Waals surface area (Å²) in [5.41, 5.74) is 0. The van der Waals surface area contributed by atoms with Crippen molar-refractivity contribution in [2.75, 3.05) is 13.7 Å². The molecule has 0 aliphatic rings. The molecule has 3 nitrogen and oxygen atoms in total. The van der Waals surface area contributed by atoms with Crippen molar-refractivity contribution in [1.29, 1.82) is 0 Å². The van der Waals surface area contributed by atoms with Crippen LogP contribution in [-0.2, 0) is 4.74 Å². The molecule has 0 rings (SSSR count). The van der Waals surface area contributed by atoms with Gasteiger partial charge in [-0.05, 0) is 6.42 Å². The van der Waals surface area contributed by atoms with Gasteiger partial charge in [0.15, 0.2) is 6.29 Å². The molecule has 0 heterocycles. The summed E-state index contributed by atoms with van der Waals surface area (Å²) >= 11 is 0. The molecule has 54 valence electrons. The predicted octanol–water partition coefficient (Wildman–Crippen LogP) is 0.432. The molecule has 0 radical (unpaired) electrons. The minimum Gasteiger partial charge on any atom is -0.363 e. The first-order valence-corrected chi connectivity index (χ1v) is 3.02. The molecule has 0 amide bonds. The molecule has 0 aromatic carbocycles. The Hall–Kier alpha value is -0.410. The Balaban J connectivity index is 3.20. The number of hydrogen-bond donors (Lipinski definition) is 1. The second-order valence-corrected chi connectivity index (χ2v) is 1.68. The van der Waals surface area contributed by atoms with E-state index >= 15 is 0 Å². The Morgan fingerprint density at radius 2 is 2.44 bits per heavy atom. The molecule has 0 fully saturated rings. The predicted molar refractivity (Wildman–Crippen MR) is 36.7 cm³/mol. The molecule has 0 bridgehead atoms. The van der Waals surface area contributed by atoms with Crippen molar-refractivity contribution in [3.05, 3.63) is 0 Å². The topological polar surface area (TPSA) is 41.8 Å². The van der Waals surface area contributed by atoms with Crippen molar-refractivity contribution in [2.45, 2.75) is 19.6 Å². The Labute approximate surface area is 55.4 Å². The standard InChI is InChI=1S/C6H13NO2/c1-3-4-7-5-6(8)9-2/h5-6,8H,3-4H2,1-2H3/b7-5-. The Morgan fingerprint density at radius 3 is 2.89 bits per heavy atom. The maximum atomic E-state index is 8.71. The fourth-order valence-electron chi connectivity index (χ4n) is 0.355. The average Bonchev–Trinajstić information content (AvgIpc) is 1.89. The van der Waals surface area contributed by atoms with Crippen LogP contribution in [-0.4, -0.2) is 31.3 Å². The van der Waals surface area contributed by atoms with Crippen molar-refractivity contribution in [2.24, 2.45) is 4.99 Å². The summed E-state index contributed by atoms with van der Waals surface area (Å²) in [6.45, 7) is 2.77.